The summed E-state index contributed by atoms with van der Waals surface area (Å²) in [6, 6.07) is 26.8. The number of hydrogen-bond acceptors (Lipinski definition) is 4. The third-order valence-electron chi connectivity index (χ3n) is 8.54. The van der Waals surface area contributed by atoms with E-state index in [-0.39, 0.29) is 35.5 Å². The van der Waals surface area contributed by atoms with Crippen molar-refractivity contribution >= 4 is 39.1 Å². The van der Waals surface area contributed by atoms with Crippen LogP contribution in [0, 0.1) is 12.7 Å². The molecule has 0 radical (unpaired) electrons. The monoisotopic (exact) mass is 675 g/mol. The lowest BCUT2D eigenvalue weighted by molar-refractivity contribution is -0.140. The van der Waals surface area contributed by atoms with Gasteiger partial charge in [0, 0.05) is 24.0 Å². The Balaban J connectivity index is 1.56. The van der Waals surface area contributed by atoms with Crippen LogP contribution in [0.2, 0.25) is 5.02 Å². The Morgan fingerprint density at radius 3 is 2.15 bits per heavy atom. The molecule has 47 heavy (non-hydrogen) atoms. The molecule has 1 aliphatic carbocycles. The Labute approximate surface area is 281 Å². The van der Waals surface area contributed by atoms with Crippen molar-refractivity contribution in [2.24, 2.45) is 0 Å². The SMILES string of the molecule is Cc1ccc(N(CC(=O)N(Cc2ccc(F)cc2)[C@@H](Cc2ccccc2)C(=O)NC2CCCCC2)S(=O)(=O)c2ccccc2)cc1Cl. The van der Waals surface area contributed by atoms with Crippen LogP contribution >= 0.6 is 11.6 Å². The highest BCUT2D eigenvalue weighted by Gasteiger charge is 2.35. The number of aryl methyl sites for hydroxylation is 1. The molecular weight excluding hydrogens is 637 g/mol. The first-order valence-corrected chi connectivity index (χ1v) is 17.7. The summed E-state index contributed by atoms with van der Waals surface area (Å²) in [5, 5.41) is 3.53. The van der Waals surface area contributed by atoms with E-state index in [9.17, 15) is 22.4 Å². The van der Waals surface area contributed by atoms with Gasteiger partial charge in [0.05, 0.1) is 10.6 Å². The number of amides is 2. The average Bonchev–Trinajstić information content (AvgIpc) is 3.08. The predicted octanol–water partition coefficient (Wildman–Crippen LogP) is 7.07. The van der Waals surface area contributed by atoms with Crippen molar-refractivity contribution in [1.82, 2.24) is 10.2 Å². The summed E-state index contributed by atoms with van der Waals surface area (Å²) in [6.07, 6.45) is 5.05. The topological polar surface area (TPSA) is 86.8 Å². The van der Waals surface area contributed by atoms with Crippen LogP contribution in [0.3, 0.4) is 0 Å². The molecule has 4 aromatic carbocycles. The Bertz CT molecular complexity index is 1770. The summed E-state index contributed by atoms with van der Waals surface area (Å²) >= 11 is 6.45. The van der Waals surface area contributed by atoms with E-state index >= 15 is 0 Å². The quantitative estimate of drug-likeness (QED) is 0.174. The maximum absolute atomic E-state index is 14.6. The van der Waals surface area contributed by atoms with E-state index in [0.29, 0.717) is 10.6 Å². The van der Waals surface area contributed by atoms with Gasteiger partial charge in [0.1, 0.15) is 18.4 Å². The number of anilines is 1. The minimum absolute atomic E-state index is 0.00505. The average molecular weight is 676 g/mol. The molecule has 0 aliphatic heterocycles. The van der Waals surface area contributed by atoms with Gasteiger partial charge in [0.15, 0.2) is 0 Å². The number of nitrogens with one attached hydrogen (secondary N) is 1. The van der Waals surface area contributed by atoms with Gasteiger partial charge >= 0.3 is 0 Å². The zero-order valence-corrected chi connectivity index (χ0v) is 27.9. The molecule has 4 aromatic rings. The molecule has 0 unspecified atom stereocenters. The molecule has 2 amide bonds. The van der Waals surface area contributed by atoms with Crippen LogP contribution in [0.15, 0.2) is 108 Å². The molecule has 1 aliphatic rings. The van der Waals surface area contributed by atoms with Crippen LogP contribution < -0.4 is 9.62 Å². The van der Waals surface area contributed by atoms with Gasteiger partial charge in [-0.3, -0.25) is 13.9 Å². The van der Waals surface area contributed by atoms with Crippen molar-refractivity contribution < 1.29 is 22.4 Å². The molecule has 7 nitrogen and oxygen atoms in total. The maximum Gasteiger partial charge on any atom is 0.264 e. The van der Waals surface area contributed by atoms with E-state index in [0.717, 1.165) is 47.5 Å². The molecule has 0 bridgehead atoms. The molecule has 5 rings (SSSR count). The standard InChI is InChI=1S/C37H39ClFN3O4S/c1-27-17-22-32(24-34(27)38)42(47(45,46)33-15-9-4-10-16-33)26-36(43)41(25-29-18-20-30(39)21-19-29)35(23-28-11-5-2-6-12-28)37(44)40-31-13-7-3-8-14-31/h2,4-6,9-12,15-22,24,31,35H,3,7-8,13-14,23,25-26H2,1H3,(H,40,44)/t35-/m0/s1. The molecular formula is C37H39ClFN3O4S. The number of nitrogens with zero attached hydrogens (tertiary/aromatic N) is 2. The van der Waals surface area contributed by atoms with E-state index < -0.39 is 34.3 Å². The van der Waals surface area contributed by atoms with Gasteiger partial charge in [-0.1, -0.05) is 97.6 Å². The highest BCUT2D eigenvalue weighted by Crippen LogP contribution is 2.29. The Hall–Kier alpha value is -4.21. The van der Waals surface area contributed by atoms with Crippen molar-refractivity contribution in [3.05, 3.63) is 131 Å². The molecule has 1 atom stereocenters. The first-order chi connectivity index (χ1) is 22.6. The van der Waals surface area contributed by atoms with Crippen LogP contribution in [-0.4, -0.2) is 43.8 Å². The number of sulfonamides is 1. The van der Waals surface area contributed by atoms with Crippen LogP contribution in [0.1, 0.15) is 48.8 Å². The number of carbonyl (C=O) groups is 2. The third-order valence-corrected chi connectivity index (χ3v) is 10.7. The van der Waals surface area contributed by atoms with Crippen molar-refractivity contribution in [3.63, 3.8) is 0 Å². The second-order valence-corrected chi connectivity index (χ2v) is 14.2. The van der Waals surface area contributed by atoms with Gasteiger partial charge in [-0.25, -0.2) is 12.8 Å². The number of carbonyl (C=O) groups excluding carboxylic acids is 2. The molecule has 0 saturated heterocycles. The van der Waals surface area contributed by atoms with Gasteiger partial charge in [-0.15, -0.1) is 0 Å². The molecule has 0 heterocycles. The second-order valence-electron chi connectivity index (χ2n) is 12.0. The molecule has 1 fully saturated rings. The van der Waals surface area contributed by atoms with E-state index in [1.54, 1.807) is 49.4 Å². The smallest absolute Gasteiger partial charge is 0.264 e. The van der Waals surface area contributed by atoms with Crippen molar-refractivity contribution in [3.8, 4) is 0 Å². The van der Waals surface area contributed by atoms with E-state index in [1.807, 2.05) is 30.3 Å². The number of hydrogen-bond donors (Lipinski definition) is 1. The molecule has 1 saturated carbocycles. The van der Waals surface area contributed by atoms with Crippen molar-refractivity contribution in [1.29, 1.82) is 0 Å². The molecule has 246 valence electrons. The minimum atomic E-state index is -4.24. The summed E-state index contributed by atoms with van der Waals surface area (Å²) in [7, 11) is -4.24. The molecule has 0 aromatic heterocycles. The zero-order chi connectivity index (χ0) is 33.4. The molecule has 1 N–H and O–H groups in total. The largest absolute Gasteiger partial charge is 0.352 e. The van der Waals surface area contributed by atoms with Crippen LogP contribution in [0.4, 0.5) is 10.1 Å². The lowest BCUT2D eigenvalue weighted by atomic mass is 9.94. The summed E-state index contributed by atoms with van der Waals surface area (Å²) < 4.78 is 43.2. The summed E-state index contributed by atoms with van der Waals surface area (Å²) in [4.78, 5) is 30.2. The first-order valence-electron chi connectivity index (χ1n) is 15.8. The highest BCUT2D eigenvalue weighted by atomic mass is 35.5. The number of halogens is 2. The molecule has 0 spiro atoms. The molecule has 10 heteroatoms. The minimum Gasteiger partial charge on any atom is -0.352 e. The Morgan fingerprint density at radius 2 is 1.51 bits per heavy atom. The van der Waals surface area contributed by atoms with E-state index in [4.69, 9.17) is 11.6 Å². The number of rotatable bonds is 12. The summed E-state index contributed by atoms with van der Waals surface area (Å²) in [6.45, 7) is 1.17. The lowest BCUT2D eigenvalue weighted by Gasteiger charge is -2.35. The number of benzene rings is 4. The summed E-state index contributed by atoms with van der Waals surface area (Å²) in [5.74, 6) is -1.34. The highest BCUT2D eigenvalue weighted by molar-refractivity contribution is 7.92. The lowest BCUT2D eigenvalue weighted by Crippen LogP contribution is -2.55. The van der Waals surface area contributed by atoms with E-state index in [1.165, 1.54) is 35.2 Å². The third kappa shape index (κ3) is 8.78. The van der Waals surface area contributed by atoms with Crippen LogP contribution in [0.25, 0.3) is 0 Å². The Kier molecular flexibility index (Phi) is 11.3. The van der Waals surface area contributed by atoms with Gasteiger partial charge in [-0.05, 0) is 72.9 Å². The summed E-state index contributed by atoms with van der Waals surface area (Å²) in [5.41, 5.74) is 2.40. The van der Waals surface area contributed by atoms with Crippen molar-refractivity contribution in [2.75, 3.05) is 10.8 Å². The zero-order valence-electron chi connectivity index (χ0n) is 26.3. The van der Waals surface area contributed by atoms with Gasteiger partial charge in [0.25, 0.3) is 10.0 Å². The Morgan fingerprint density at radius 1 is 0.872 bits per heavy atom. The van der Waals surface area contributed by atoms with Crippen LogP contribution in [0.5, 0.6) is 0 Å². The first kappa shape index (κ1) is 34.1. The predicted molar refractivity (Wildman–Crippen MR) is 183 cm³/mol. The fraction of sp³-hybridized carbons (Fsp3) is 0.297. The van der Waals surface area contributed by atoms with E-state index in [2.05, 4.69) is 5.32 Å². The van der Waals surface area contributed by atoms with Gasteiger partial charge in [0.2, 0.25) is 11.8 Å². The maximum atomic E-state index is 14.6. The van der Waals surface area contributed by atoms with Crippen molar-refractivity contribution in [2.45, 2.75) is 69.0 Å². The fourth-order valence-electron chi connectivity index (χ4n) is 5.87. The van der Waals surface area contributed by atoms with Gasteiger partial charge < -0.3 is 10.2 Å². The van der Waals surface area contributed by atoms with Crippen LogP contribution in [-0.2, 0) is 32.6 Å². The van der Waals surface area contributed by atoms with Gasteiger partial charge in [-0.2, -0.15) is 0 Å². The fourth-order valence-corrected chi connectivity index (χ4v) is 7.47. The second kappa shape index (κ2) is 15.6. The normalized spacial score (nSPS) is 14.3.